The van der Waals surface area contributed by atoms with Crippen molar-refractivity contribution in [1.82, 2.24) is 9.97 Å². The first kappa shape index (κ1) is 19.8. The van der Waals surface area contributed by atoms with Crippen molar-refractivity contribution in [3.63, 3.8) is 0 Å². The van der Waals surface area contributed by atoms with Gasteiger partial charge >= 0.3 is 5.97 Å². The van der Waals surface area contributed by atoms with Crippen molar-refractivity contribution in [3.8, 4) is 16.9 Å². The Kier molecular flexibility index (Phi) is 5.86. The molecule has 152 valence electrons. The molecule has 1 aromatic carbocycles. The summed E-state index contributed by atoms with van der Waals surface area (Å²) in [5, 5.41) is 9.21. The largest absolute Gasteiger partial charge is 0.490 e. The molecule has 1 unspecified atom stereocenters. The maximum Gasteiger partial charge on any atom is 0.333 e. The number of carboxylic acids is 1. The van der Waals surface area contributed by atoms with E-state index in [0.29, 0.717) is 25.4 Å². The Hall–Kier alpha value is -3.51. The van der Waals surface area contributed by atoms with Gasteiger partial charge in [0.15, 0.2) is 6.10 Å². The molecule has 1 aliphatic carbocycles. The number of hydrogen-bond acceptors (Lipinski definition) is 5. The van der Waals surface area contributed by atoms with E-state index in [1.807, 2.05) is 42.5 Å². The van der Waals surface area contributed by atoms with Gasteiger partial charge in [-0.05, 0) is 42.8 Å². The minimum Gasteiger partial charge on any atom is -0.490 e. The molecule has 30 heavy (non-hydrogen) atoms. The van der Waals surface area contributed by atoms with E-state index >= 15 is 0 Å². The number of rotatable bonds is 8. The van der Waals surface area contributed by atoms with Gasteiger partial charge in [-0.15, -0.1) is 0 Å². The van der Waals surface area contributed by atoms with Gasteiger partial charge in [0.25, 0.3) is 0 Å². The Labute approximate surface area is 174 Å². The molecule has 2 heterocycles. The average molecular weight is 402 g/mol. The minimum atomic E-state index is -0.955. The molecule has 3 aromatic rings. The van der Waals surface area contributed by atoms with Crippen LogP contribution in [0.5, 0.6) is 5.75 Å². The normalized spacial score (nSPS) is 12.8. The topological polar surface area (TPSA) is 81.5 Å². The summed E-state index contributed by atoms with van der Waals surface area (Å²) < 4.78 is 11.1. The summed E-state index contributed by atoms with van der Waals surface area (Å²) in [5.74, 6) is -0.248. The maximum atomic E-state index is 11.2. The van der Waals surface area contributed by atoms with Crippen LogP contribution in [0.15, 0.2) is 67.0 Å². The number of pyridine rings is 2. The van der Waals surface area contributed by atoms with Gasteiger partial charge in [-0.1, -0.05) is 24.3 Å². The van der Waals surface area contributed by atoms with Crippen molar-refractivity contribution in [2.24, 2.45) is 0 Å². The zero-order chi connectivity index (χ0) is 20.9. The van der Waals surface area contributed by atoms with Gasteiger partial charge < -0.3 is 14.6 Å². The third kappa shape index (κ3) is 4.09. The van der Waals surface area contributed by atoms with Gasteiger partial charge in [0.05, 0.1) is 11.4 Å². The number of benzene rings is 1. The van der Waals surface area contributed by atoms with Crippen LogP contribution in [0.3, 0.4) is 0 Å². The molecule has 0 saturated carbocycles. The lowest BCUT2D eigenvalue weighted by Crippen LogP contribution is -2.26. The van der Waals surface area contributed by atoms with Crippen molar-refractivity contribution in [1.29, 1.82) is 0 Å². The van der Waals surface area contributed by atoms with E-state index < -0.39 is 12.1 Å². The predicted octanol–water partition coefficient (Wildman–Crippen LogP) is 4.00. The number of nitrogens with zero attached hydrogens (tertiary/aromatic N) is 2. The van der Waals surface area contributed by atoms with Crippen LogP contribution in [-0.2, 0) is 16.0 Å². The summed E-state index contributed by atoms with van der Waals surface area (Å²) in [6.07, 6.45) is 5.04. The van der Waals surface area contributed by atoms with E-state index in [9.17, 15) is 9.90 Å². The quantitative estimate of drug-likeness (QED) is 0.480. The number of aliphatic carboxylic acids is 1. The molecular weight excluding hydrogens is 380 g/mol. The molecule has 6 nitrogen and oxygen atoms in total. The molecule has 1 aliphatic rings. The number of aromatic nitrogens is 2. The fourth-order valence-electron chi connectivity index (χ4n) is 3.56. The molecule has 0 saturated heterocycles. The van der Waals surface area contributed by atoms with Crippen LogP contribution in [0, 0.1) is 0 Å². The molecular formula is C24H22N2O4. The molecule has 0 bridgehead atoms. The van der Waals surface area contributed by atoms with Crippen molar-refractivity contribution in [2.75, 3.05) is 13.2 Å². The number of carbonyl (C=O) groups is 1. The minimum absolute atomic E-state index is 0.318. The molecule has 0 spiro atoms. The lowest BCUT2D eigenvalue weighted by molar-refractivity contribution is -0.149. The number of ether oxygens (including phenoxy) is 2. The summed E-state index contributed by atoms with van der Waals surface area (Å²) >= 11 is 0. The van der Waals surface area contributed by atoms with E-state index in [0.717, 1.165) is 33.7 Å². The van der Waals surface area contributed by atoms with E-state index in [2.05, 4.69) is 22.1 Å². The van der Waals surface area contributed by atoms with Gasteiger partial charge in [-0.2, -0.15) is 0 Å². The SMILES string of the molecule is CCOC(Cc1ccc(OCC=C2c3ncccc3-c3cccnc32)cc1)C(=O)O. The number of hydrogen-bond donors (Lipinski definition) is 1. The van der Waals surface area contributed by atoms with Gasteiger partial charge in [0, 0.05) is 42.1 Å². The highest BCUT2D eigenvalue weighted by Crippen LogP contribution is 2.41. The molecule has 0 radical (unpaired) electrons. The monoisotopic (exact) mass is 402 g/mol. The smallest absolute Gasteiger partial charge is 0.333 e. The van der Waals surface area contributed by atoms with Crippen LogP contribution in [-0.4, -0.2) is 40.4 Å². The van der Waals surface area contributed by atoms with Crippen LogP contribution in [0.4, 0.5) is 0 Å². The van der Waals surface area contributed by atoms with Gasteiger partial charge in [0.2, 0.25) is 0 Å². The molecule has 1 N–H and O–H groups in total. The molecule has 2 aromatic heterocycles. The second-order valence-electron chi connectivity index (χ2n) is 6.86. The Bertz CT molecular complexity index is 1030. The van der Waals surface area contributed by atoms with Crippen molar-refractivity contribution >= 4 is 11.5 Å². The van der Waals surface area contributed by atoms with Gasteiger partial charge in [-0.3, -0.25) is 9.97 Å². The molecule has 0 aliphatic heterocycles. The second kappa shape index (κ2) is 8.88. The first-order valence-electron chi connectivity index (χ1n) is 9.85. The highest BCUT2D eigenvalue weighted by Gasteiger charge is 2.25. The van der Waals surface area contributed by atoms with Crippen LogP contribution in [0.1, 0.15) is 23.9 Å². The molecule has 6 heteroatoms. The molecule has 1 atom stereocenters. The highest BCUT2D eigenvalue weighted by molar-refractivity contribution is 5.98. The Morgan fingerprint density at radius 3 is 2.23 bits per heavy atom. The zero-order valence-electron chi connectivity index (χ0n) is 16.6. The maximum absolute atomic E-state index is 11.2. The Morgan fingerprint density at radius 1 is 1.03 bits per heavy atom. The van der Waals surface area contributed by atoms with Crippen molar-refractivity contribution in [3.05, 3.63) is 84.0 Å². The molecule has 0 fully saturated rings. The summed E-state index contributed by atoms with van der Waals surface area (Å²) in [4.78, 5) is 20.3. The van der Waals surface area contributed by atoms with E-state index in [4.69, 9.17) is 9.47 Å². The van der Waals surface area contributed by atoms with Crippen LogP contribution >= 0.6 is 0 Å². The number of carboxylic acid groups (broad SMARTS) is 1. The average Bonchev–Trinajstić information content (AvgIpc) is 3.09. The third-order valence-corrected chi connectivity index (χ3v) is 4.94. The Balaban J connectivity index is 1.44. The fourth-order valence-corrected chi connectivity index (χ4v) is 3.56. The lowest BCUT2D eigenvalue weighted by Gasteiger charge is -2.12. The third-order valence-electron chi connectivity index (χ3n) is 4.94. The van der Waals surface area contributed by atoms with Crippen molar-refractivity contribution < 1.29 is 19.4 Å². The summed E-state index contributed by atoms with van der Waals surface area (Å²) in [7, 11) is 0. The summed E-state index contributed by atoms with van der Waals surface area (Å²) in [5.41, 5.74) is 5.85. The summed E-state index contributed by atoms with van der Waals surface area (Å²) in [6, 6.07) is 15.4. The first-order chi connectivity index (χ1) is 14.7. The zero-order valence-corrected chi connectivity index (χ0v) is 16.6. The van der Waals surface area contributed by atoms with E-state index in [1.54, 1.807) is 19.3 Å². The fraction of sp³-hybridized carbons (Fsp3) is 0.208. The van der Waals surface area contributed by atoms with Crippen molar-refractivity contribution in [2.45, 2.75) is 19.4 Å². The van der Waals surface area contributed by atoms with Crippen LogP contribution in [0.2, 0.25) is 0 Å². The molecule has 4 rings (SSSR count). The number of fused-ring (bicyclic) bond motifs is 3. The summed E-state index contributed by atoms with van der Waals surface area (Å²) in [6.45, 7) is 2.52. The van der Waals surface area contributed by atoms with Crippen LogP contribution < -0.4 is 4.74 Å². The standard InChI is InChI=1S/C24H22N2O4/c1-2-29-21(24(27)28)15-16-7-9-17(10-8-16)30-14-11-20-22-18(5-3-12-25-22)19-6-4-13-26-23(19)20/h3-13,21H,2,14-15H2,1H3,(H,27,28). The lowest BCUT2D eigenvalue weighted by atomic mass is 10.1. The van der Waals surface area contributed by atoms with Gasteiger partial charge in [0.1, 0.15) is 12.4 Å². The molecule has 0 amide bonds. The van der Waals surface area contributed by atoms with E-state index in [-0.39, 0.29) is 0 Å². The second-order valence-corrected chi connectivity index (χ2v) is 6.86. The van der Waals surface area contributed by atoms with Crippen LogP contribution in [0.25, 0.3) is 16.7 Å². The highest BCUT2D eigenvalue weighted by atomic mass is 16.5. The Morgan fingerprint density at radius 2 is 1.67 bits per heavy atom. The predicted molar refractivity (Wildman–Crippen MR) is 113 cm³/mol. The first-order valence-corrected chi connectivity index (χ1v) is 9.85. The van der Waals surface area contributed by atoms with E-state index in [1.165, 1.54) is 0 Å². The van der Waals surface area contributed by atoms with Gasteiger partial charge in [-0.25, -0.2) is 4.79 Å².